The van der Waals surface area contributed by atoms with Gasteiger partial charge in [-0.05, 0) is 18.2 Å². The Bertz CT molecular complexity index is 790. The lowest BCUT2D eigenvalue weighted by atomic mass is 10.0. The molecule has 1 heterocycles. The summed E-state index contributed by atoms with van der Waals surface area (Å²) >= 11 is 1.10. The van der Waals surface area contributed by atoms with Gasteiger partial charge >= 0.3 is 10.3 Å². The summed E-state index contributed by atoms with van der Waals surface area (Å²) in [4.78, 5) is 13.0. The van der Waals surface area contributed by atoms with Gasteiger partial charge in [-0.2, -0.15) is 13.1 Å². The van der Waals surface area contributed by atoms with Crippen molar-refractivity contribution in [2.75, 3.05) is 0 Å². The Morgan fingerprint density at radius 2 is 1.77 bits per heavy atom. The van der Waals surface area contributed by atoms with Crippen LogP contribution in [0.2, 0.25) is 0 Å². The van der Waals surface area contributed by atoms with Crippen LogP contribution in [0.4, 0.5) is 0 Å². The Kier molecular flexibility index (Phi) is 4.19. The molecule has 1 N–H and O–H groups in total. The molecule has 5 nitrogen and oxygen atoms in total. The quantitative estimate of drug-likeness (QED) is 0.873. The van der Waals surface area contributed by atoms with Crippen molar-refractivity contribution in [3.05, 3.63) is 60.2 Å². The van der Waals surface area contributed by atoms with Crippen LogP contribution < -0.4 is 8.91 Å². The fourth-order valence-corrected chi connectivity index (χ4v) is 4.01. The molecule has 0 spiro atoms. The molecule has 0 bridgehead atoms. The largest absolute Gasteiger partial charge is 0.383 e. The number of nitrogens with one attached hydrogen (secondary N) is 1. The summed E-state index contributed by atoms with van der Waals surface area (Å²) in [6.45, 7) is 0. The Hall–Kier alpha value is -1.83. The molecule has 3 rings (SSSR count). The number of hydrogen-bond acceptors (Lipinski definition) is 5. The van der Waals surface area contributed by atoms with E-state index in [2.05, 4.69) is 4.72 Å². The molecule has 2 aromatic rings. The van der Waals surface area contributed by atoms with E-state index in [1.54, 1.807) is 24.3 Å². The van der Waals surface area contributed by atoms with E-state index >= 15 is 0 Å². The molecule has 2 aromatic carbocycles. The van der Waals surface area contributed by atoms with Crippen LogP contribution in [-0.4, -0.2) is 13.5 Å². The van der Waals surface area contributed by atoms with Gasteiger partial charge in [0.1, 0.15) is 5.75 Å². The summed E-state index contributed by atoms with van der Waals surface area (Å²) in [5.74, 6) is 0.267. The van der Waals surface area contributed by atoms with Crippen molar-refractivity contribution in [1.29, 1.82) is 0 Å². The van der Waals surface area contributed by atoms with E-state index in [9.17, 15) is 13.2 Å². The first kappa shape index (κ1) is 15.1. The number of thioether (sulfide) groups is 1. The second-order valence-corrected chi connectivity index (χ2v) is 7.18. The topological polar surface area (TPSA) is 72.5 Å². The van der Waals surface area contributed by atoms with Crippen molar-refractivity contribution >= 4 is 27.2 Å². The Morgan fingerprint density at radius 3 is 2.55 bits per heavy atom. The fourth-order valence-electron chi connectivity index (χ4n) is 2.20. The maximum absolute atomic E-state index is 12.2. The van der Waals surface area contributed by atoms with E-state index in [0.29, 0.717) is 5.56 Å². The Labute approximate surface area is 132 Å². The van der Waals surface area contributed by atoms with Crippen LogP contribution in [0.5, 0.6) is 5.75 Å². The lowest BCUT2D eigenvalue weighted by molar-refractivity contribution is -0.111. The molecule has 0 radical (unpaired) electrons. The maximum Gasteiger partial charge on any atom is 0.383 e. The molecule has 7 heteroatoms. The predicted octanol–water partition coefficient (Wildman–Crippen LogP) is 2.66. The molecule has 114 valence electrons. The summed E-state index contributed by atoms with van der Waals surface area (Å²) in [6, 6.07) is 15.4. The smallest absolute Gasteiger partial charge is 0.371 e. The van der Waals surface area contributed by atoms with Gasteiger partial charge in [0.2, 0.25) is 0 Å². The first-order valence-electron chi connectivity index (χ1n) is 6.60. The predicted molar refractivity (Wildman–Crippen MR) is 83.8 cm³/mol. The average Bonchev–Trinajstić information content (AvgIpc) is 2.47. The van der Waals surface area contributed by atoms with Gasteiger partial charge in [-0.3, -0.25) is 4.79 Å². The first-order chi connectivity index (χ1) is 10.5. The van der Waals surface area contributed by atoms with E-state index in [1.165, 1.54) is 0 Å². The lowest BCUT2D eigenvalue weighted by Crippen LogP contribution is -2.37. The number of benzene rings is 2. The van der Waals surface area contributed by atoms with Gasteiger partial charge in [0.15, 0.2) is 5.12 Å². The highest BCUT2D eigenvalue weighted by Crippen LogP contribution is 2.34. The molecule has 0 fully saturated rings. The van der Waals surface area contributed by atoms with E-state index in [-0.39, 0.29) is 17.3 Å². The lowest BCUT2D eigenvalue weighted by Gasteiger charge is -2.25. The van der Waals surface area contributed by atoms with Crippen LogP contribution in [0.1, 0.15) is 18.0 Å². The van der Waals surface area contributed by atoms with Crippen LogP contribution in [-0.2, 0) is 15.1 Å². The summed E-state index contributed by atoms with van der Waals surface area (Å²) in [6.07, 6.45) is 0.0547. The molecule has 0 amide bonds. The van der Waals surface area contributed by atoms with Gasteiger partial charge in [0.25, 0.3) is 0 Å². The molecule has 22 heavy (non-hydrogen) atoms. The molecular formula is C15H13NO4S2. The van der Waals surface area contributed by atoms with Gasteiger partial charge in [-0.1, -0.05) is 48.2 Å². The minimum Gasteiger partial charge on any atom is -0.371 e. The molecule has 1 aliphatic heterocycles. The van der Waals surface area contributed by atoms with E-state index in [0.717, 1.165) is 16.7 Å². The van der Waals surface area contributed by atoms with Crippen molar-refractivity contribution in [3.63, 3.8) is 0 Å². The zero-order chi connectivity index (χ0) is 15.6. The maximum atomic E-state index is 12.2. The van der Waals surface area contributed by atoms with Gasteiger partial charge in [0, 0.05) is 16.9 Å². The van der Waals surface area contributed by atoms with Crippen LogP contribution in [0.15, 0.2) is 59.5 Å². The third-order valence-electron chi connectivity index (χ3n) is 3.13. The van der Waals surface area contributed by atoms with Crippen LogP contribution >= 0.6 is 11.8 Å². The molecule has 1 atom stereocenters. The molecule has 0 saturated heterocycles. The van der Waals surface area contributed by atoms with Crippen LogP contribution in [0.3, 0.4) is 0 Å². The average molecular weight is 335 g/mol. The molecule has 0 saturated carbocycles. The van der Waals surface area contributed by atoms with Crippen molar-refractivity contribution in [1.82, 2.24) is 4.72 Å². The summed E-state index contributed by atoms with van der Waals surface area (Å²) < 4.78 is 30.7. The Morgan fingerprint density at radius 1 is 1.09 bits per heavy atom. The SMILES string of the molecule is O=C(C[C@H]1NS(=O)(=O)Oc2ccccc21)Sc1ccccc1. The molecule has 1 aliphatic rings. The minimum atomic E-state index is -3.88. The van der Waals surface area contributed by atoms with Gasteiger partial charge < -0.3 is 4.18 Å². The minimum absolute atomic E-state index is 0.0547. The fraction of sp³-hybridized carbons (Fsp3) is 0.133. The van der Waals surface area contributed by atoms with Crippen molar-refractivity contribution < 1.29 is 17.4 Å². The van der Waals surface area contributed by atoms with Crippen molar-refractivity contribution in [3.8, 4) is 5.75 Å². The third kappa shape index (κ3) is 3.49. The second-order valence-electron chi connectivity index (χ2n) is 4.74. The number of carbonyl (C=O) groups is 1. The summed E-state index contributed by atoms with van der Waals surface area (Å²) in [7, 11) is -3.88. The molecule has 0 unspecified atom stereocenters. The van der Waals surface area contributed by atoms with Crippen LogP contribution in [0.25, 0.3) is 0 Å². The normalized spacial score (nSPS) is 19.0. The standard InChI is InChI=1S/C15H13NO4S2/c17-15(21-11-6-2-1-3-7-11)10-13-12-8-4-5-9-14(12)20-22(18,19)16-13/h1-9,13,16H,10H2/t13-/m1/s1. The summed E-state index contributed by atoms with van der Waals surface area (Å²) in [5.41, 5.74) is 0.666. The number of rotatable bonds is 3. The van der Waals surface area contributed by atoms with Gasteiger partial charge in [0.05, 0.1) is 6.04 Å². The van der Waals surface area contributed by atoms with E-state index < -0.39 is 16.3 Å². The number of carbonyl (C=O) groups excluding carboxylic acids is 1. The zero-order valence-corrected chi connectivity index (χ0v) is 13.1. The van der Waals surface area contributed by atoms with E-state index in [4.69, 9.17) is 4.18 Å². The molecular weight excluding hydrogens is 322 g/mol. The van der Waals surface area contributed by atoms with Crippen molar-refractivity contribution in [2.45, 2.75) is 17.4 Å². The van der Waals surface area contributed by atoms with Crippen molar-refractivity contribution in [2.24, 2.45) is 0 Å². The zero-order valence-electron chi connectivity index (χ0n) is 11.4. The first-order valence-corrected chi connectivity index (χ1v) is 8.82. The Balaban J connectivity index is 1.78. The highest BCUT2D eigenvalue weighted by Gasteiger charge is 2.31. The molecule has 0 aromatic heterocycles. The second kappa shape index (κ2) is 6.12. The third-order valence-corrected chi connectivity index (χ3v) is 5.00. The van der Waals surface area contributed by atoms with Gasteiger partial charge in [-0.25, -0.2) is 0 Å². The highest BCUT2D eigenvalue weighted by atomic mass is 32.2. The monoisotopic (exact) mass is 335 g/mol. The number of para-hydroxylation sites is 1. The number of fused-ring (bicyclic) bond motifs is 1. The highest BCUT2D eigenvalue weighted by molar-refractivity contribution is 8.13. The van der Waals surface area contributed by atoms with Crippen LogP contribution in [0, 0.1) is 0 Å². The van der Waals surface area contributed by atoms with E-state index in [1.807, 2.05) is 30.3 Å². The molecule has 0 aliphatic carbocycles. The van der Waals surface area contributed by atoms with Gasteiger partial charge in [-0.15, -0.1) is 0 Å². The summed E-state index contributed by atoms with van der Waals surface area (Å²) in [5, 5.41) is -0.115. The number of hydrogen-bond donors (Lipinski definition) is 1.